The van der Waals surface area contributed by atoms with E-state index in [4.69, 9.17) is 0 Å². The first-order valence-corrected chi connectivity index (χ1v) is 8.95. The van der Waals surface area contributed by atoms with E-state index in [0.29, 0.717) is 25.1 Å². The highest BCUT2D eigenvalue weighted by Gasteiger charge is 2.29. The lowest BCUT2D eigenvalue weighted by Gasteiger charge is -2.32. The van der Waals surface area contributed by atoms with Crippen LogP contribution in [-0.4, -0.2) is 36.7 Å². The van der Waals surface area contributed by atoms with Crippen LogP contribution in [-0.2, 0) is 20.0 Å². The van der Waals surface area contributed by atoms with Crippen LogP contribution in [0.2, 0.25) is 0 Å². The van der Waals surface area contributed by atoms with Crippen LogP contribution in [0, 0.1) is 0 Å². The number of pyridine rings is 1. The molecule has 1 aliphatic rings. The summed E-state index contributed by atoms with van der Waals surface area (Å²) in [6, 6.07) is 13.2. The van der Waals surface area contributed by atoms with Gasteiger partial charge in [-0.1, -0.05) is 30.3 Å². The Labute approximate surface area is 156 Å². The molecule has 27 heavy (non-hydrogen) atoms. The van der Waals surface area contributed by atoms with Gasteiger partial charge in [0.15, 0.2) is 5.82 Å². The van der Waals surface area contributed by atoms with Crippen molar-refractivity contribution in [2.45, 2.75) is 25.9 Å². The third kappa shape index (κ3) is 3.28. The van der Waals surface area contributed by atoms with Gasteiger partial charge >= 0.3 is 0 Å². The summed E-state index contributed by atoms with van der Waals surface area (Å²) < 4.78 is 3.55. The highest BCUT2D eigenvalue weighted by Crippen LogP contribution is 2.24. The summed E-state index contributed by atoms with van der Waals surface area (Å²) in [4.78, 5) is 26.2. The Morgan fingerprint density at radius 1 is 1.15 bits per heavy atom. The molecule has 0 unspecified atom stereocenters. The Balaban J connectivity index is 1.58. The summed E-state index contributed by atoms with van der Waals surface area (Å²) in [5.74, 6) is 1.60. The van der Waals surface area contributed by atoms with Gasteiger partial charge in [-0.25, -0.2) is 0 Å². The lowest BCUT2D eigenvalue weighted by atomic mass is 10.1. The van der Waals surface area contributed by atoms with Crippen molar-refractivity contribution in [2.24, 2.45) is 7.05 Å². The molecule has 1 amide bonds. The van der Waals surface area contributed by atoms with E-state index in [-0.39, 0.29) is 17.5 Å². The smallest absolute Gasteiger partial charge is 0.255 e. The zero-order valence-corrected chi connectivity index (χ0v) is 15.4. The lowest BCUT2D eigenvalue weighted by Crippen LogP contribution is -2.41. The Bertz CT molecular complexity index is 1040. The summed E-state index contributed by atoms with van der Waals surface area (Å²) in [6.07, 6.45) is 2.29. The number of hydrogen-bond donors (Lipinski definition) is 0. The number of hydrogen-bond acceptors (Lipinski definition) is 4. The third-order valence-electron chi connectivity index (χ3n) is 4.92. The van der Waals surface area contributed by atoms with Crippen LogP contribution in [0.4, 0.5) is 0 Å². The first kappa shape index (κ1) is 17.2. The van der Waals surface area contributed by atoms with E-state index in [1.807, 2.05) is 18.2 Å². The predicted molar refractivity (Wildman–Crippen MR) is 100 cm³/mol. The number of aryl methyl sites for hydroxylation is 1. The molecular weight excluding hydrogens is 342 g/mol. The standard InChI is InChI=1S/C20H21N5O2/c1-14-11-24(20(27)16-8-9-19(26)23(2)12-16)13-18-22-21-17(25(14)18)10-15-6-4-3-5-7-15/h3-9,12,14H,10-11,13H2,1-2H3/t14-/m0/s1. The van der Waals surface area contributed by atoms with Gasteiger partial charge in [-0.05, 0) is 18.6 Å². The van der Waals surface area contributed by atoms with E-state index in [1.165, 1.54) is 16.2 Å². The third-order valence-corrected chi connectivity index (χ3v) is 4.92. The normalized spacial score (nSPS) is 16.2. The number of carbonyl (C=O) groups excluding carboxylic acids is 1. The molecular formula is C20H21N5O2. The number of amides is 1. The molecule has 7 nitrogen and oxygen atoms in total. The number of nitrogens with zero attached hydrogens (tertiary/aromatic N) is 5. The van der Waals surface area contributed by atoms with E-state index in [0.717, 1.165) is 11.6 Å². The van der Waals surface area contributed by atoms with Gasteiger partial charge in [-0.15, -0.1) is 10.2 Å². The van der Waals surface area contributed by atoms with Crippen LogP contribution < -0.4 is 5.56 Å². The molecule has 2 aromatic heterocycles. The van der Waals surface area contributed by atoms with E-state index in [2.05, 4.69) is 33.8 Å². The van der Waals surface area contributed by atoms with Crippen LogP contribution in [0.15, 0.2) is 53.5 Å². The number of benzene rings is 1. The minimum atomic E-state index is -0.135. The second kappa shape index (κ2) is 6.83. The highest BCUT2D eigenvalue weighted by molar-refractivity contribution is 5.93. The van der Waals surface area contributed by atoms with Gasteiger partial charge in [-0.2, -0.15) is 0 Å². The van der Waals surface area contributed by atoms with Crippen molar-refractivity contribution in [2.75, 3.05) is 6.54 Å². The number of carbonyl (C=O) groups is 1. The molecule has 0 saturated carbocycles. The van der Waals surface area contributed by atoms with Crippen LogP contribution in [0.5, 0.6) is 0 Å². The Morgan fingerprint density at radius 3 is 2.67 bits per heavy atom. The Morgan fingerprint density at radius 2 is 1.93 bits per heavy atom. The average Bonchev–Trinajstić information content (AvgIpc) is 3.07. The maximum Gasteiger partial charge on any atom is 0.255 e. The molecule has 4 rings (SSSR count). The van der Waals surface area contributed by atoms with Crippen LogP contribution in [0.25, 0.3) is 0 Å². The van der Waals surface area contributed by atoms with E-state index >= 15 is 0 Å². The minimum absolute atomic E-state index is 0.0824. The van der Waals surface area contributed by atoms with Gasteiger partial charge in [0.1, 0.15) is 5.82 Å². The maximum absolute atomic E-state index is 12.9. The topological polar surface area (TPSA) is 73.0 Å². The molecule has 1 atom stereocenters. The van der Waals surface area contributed by atoms with Crippen molar-refractivity contribution in [3.8, 4) is 0 Å². The van der Waals surface area contributed by atoms with Gasteiger partial charge < -0.3 is 14.0 Å². The zero-order valence-electron chi connectivity index (χ0n) is 15.4. The molecule has 0 radical (unpaired) electrons. The average molecular weight is 363 g/mol. The van der Waals surface area contributed by atoms with Gasteiger partial charge in [0.2, 0.25) is 5.56 Å². The molecule has 138 valence electrons. The molecule has 1 aromatic carbocycles. The molecule has 7 heteroatoms. The molecule has 0 bridgehead atoms. The van der Waals surface area contributed by atoms with E-state index < -0.39 is 0 Å². The second-order valence-electron chi connectivity index (χ2n) is 6.97. The molecule has 3 heterocycles. The van der Waals surface area contributed by atoms with Crippen molar-refractivity contribution in [1.29, 1.82) is 0 Å². The van der Waals surface area contributed by atoms with E-state index in [1.54, 1.807) is 24.2 Å². The summed E-state index contributed by atoms with van der Waals surface area (Å²) in [7, 11) is 1.64. The van der Waals surface area contributed by atoms with Crippen molar-refractivity contribution in [3.63, 3.8) is 0 Å². The largest absolute Gasteiger partial charge is 0.329 e. The molecule has 0 fully saturated rings. The highest BCUT2D eigenvalue weighted by atomic mass is 16.2. The predicted octanol–water partition coefficient (Wildman–Crippen LogP) is 1.78. The summed E-state index contributed by atoms with van der Waals surface area (Å²) in [5.41, 5.74) is 1.55. The van der Waals surface area contributed by atoms with E-state index in [9.17, 15) is 9.59 Å². The van der Waals surface area contributed by atoms with Crippen LogP contribution >= 0.6 is 0 Å². The summed E-state index contributed by atoms with van der Waals surface area (Å²) in [5, 5.41) is 8.69. The fraction of sp³-hybridized carbons (Fsp3) is 0.300. The van der Waals surface area contributed by atoms with Crippen LogP contribution in [0.1, 0.15) is 40.5 Å². The van der Waals surface area contributed by atoms with Crippen molar-refractivity contribution in [3.05, 3.63) is 81.8 Å². The number of rotatable bonds is 3. The van der Waals surface area contributed by atoms with Gasteiger partial charge in [-0.3, -0.25) is 9.59 Å². The van der Waals surface area contributed by atoms with Crippen molar-refractivity contribution < 1.29 is 4.79 Å². The van der Waals surface area contributed by atoms with Gasteiger partial charge in [0.25, 0.3) is 5.91 Å². The summed E-state index contributed by atoms with van der Waals surface area (Å²) >= 11 is 0. The Hall–Kier alpha value is -3.22. The first-order valence-electron chi connectivity index (χ1n) is 8.95. The van der Waals surface area contributed by atoms with Crippen molar-refractivity contribution >= 4 is 5.91 Å². The second-order valence-corrected chi connectivity index (χ2v) is 6.97. The Kier molecular flexibility index (Phi) is 4.35. The zero-order chi connectivity index (χ0) is 19.0. The number of fused-ring (bicyclic) bond motifs is 1. The molecule has 1 aliphatic heterocycles. The minimum Gasteiger partial charge on any atom is -0.329 e. The fourth-order valence-electron chi connectivity index (χ4n) is 3.57. The molecule has 0 aliphatic carbocycles. The molecule has 0 saturated heterocycles. The maximum atomic E-state index is 12.9. The SMILES string of the molecule is C[C@H]1CN(C(=O)c2ccc(=O)n(C)c2)Cc2nnc(Cc3ccccc3)n21. The van der Waals surface area contributed by atoms with Crippen molar-refractivity contribution in [1.82, 2.24) is 24.2 Å². The lowest BCUT2D eigenvalue weighted by molar-refractivity contribution is 0.0679. The molecule has 0 N–H and O–H groups in total. The van der Waals surface area contributed by atoms with Crippen LogP contribution in [0.3, 0.4) is 0 Å². The molecule has 3 aromatic rings. The quantitative estimate of drug-likeness (QED) is 0.711. The summed E-state index contributed by atoms with van der Waals surface area (Å²) in [6.45, 7) is 3.06. The first-order chi connectivity index (χ1) is 13.0. The fourth-order valence-corrected chi connectivity index (χ4v) is 3.57. The van der Waals surface area contributed by atoms with Gasteiger partial charge in [0.05, 0.1) is 18.2 Å². The van der Waals surface area contributed by atoms with Gasteiger partial charge in [0, 0.05) is 32.3 Å². The molecule has 0 spiro atoms. The monoisotopic (exact) mass is 363 g/mol. The number of aromatic nitrogens is 4.